The number of nitrogens with one attached hydrogen (secondary N) is 2. The summed E-state index contributed by atoms with van der Waals surface area (Å²) < 4.78 is 0. The fourth-order valence-corrected chi connectivity index (χ4v) is 1.96. The first kappa shape index (κ1) is 10.8. The van der Waals surface area contributed by atoms with Crippen LogP contribution in [-0.4, -0.2) is 23.5 Å². The molecule has 1 aromatic rings. The summed E-state index contributed by atoms with van der Waals surface area (Å²) in [7, 11) is 0. The Bertz CT molecular complexity index is 415. The van der Waals surface area contributed by atoms with E-state index in [4.69, 9.17) is 5.73 Å². The zero-order chi connectivity index (χ0) is 11.4. The maximum absolute atomic E-state index is 11.5. The Morgan fingerprint density at radius 2 is 2.06 bits per heavy atom. The molecule has 16 heavy (non-hydrogen) atoms. The molecule has 0 aromatic heterocycles. The average molecular weight is 236 g/mol. The summed E-state index contributed by atoms with van der Waals surface area (Å²) in [5.74, 6) is 0.928. The van der Waals surface area contributed by atoms with E-state index in [-0.39, 0.29) is 6.03 Å². The van der Waals surface area contributed by atoms with Crippen LogP contribution < -0.4 is 16.4 Å². The quantitative estimate of drug-likeness (QED) is 0.646. The second-order valence-corrected chi connectivity index (χ2v) is 4.32. The van der Waals surface area contributed by atoms with Gasteiger partial charge >= 0.3 is 6.03 Å². The predicted molar refractivity (Wildman–Crippen MR) is 67.8 cm³/mol. The van der Waals surface area contributed by atoms with Crippen LogP contribution in [-0.2, 0) is 0 Å². The van der Waals surface area contributed by atoms with Crippen molar-refractivity contribution >= 4 is 34.3 Å². The Morgan fingerprint density at radius 3 is 2.69 bits per heavy atom. The number of benzene rings is 1. The fraction of sp³-hybridized carbons (Fsp3) is 0.200. The summed E-state index contributed by atoms with van der Waals surface area (Å²) in [6.07, 6.45) is 0. The van der Waals surface area contributed by atoms with E-state index in [2.05, 4.69) is 15.6 Å². The number of hydrogen-bond donors (Lipinski definition) is 3. The largest absolute Gasteiger partial charge is 0.399 e. The number of hydrogen-bond acceptors (Lipinski definition) is 4. The van der Waals surface area contributed by atoms with Crippen molar-refractivity contribution in [3.8, 4) is 0 Å². The molecule has 4 N–H and O–H groups in total. The SMILES string of the molecule is Nc1ccc(NC(=O)NC2=NCCS2)cc1. The molecule has 0 radical (unpaired) electrons. The van der Waals surface area contributed by atoms with Gasteiger partial charge in [0.15, 0.2) is 5.17 Å². The molecule has 0 saturated carbocycles. The minimum atomic E-state index is -0.280. The van der Waals surface area contributed by atoms with Crippen molar-refractivity contribution in [3.05, 3.63) is 24.3 Å². The van der Waals surface area contributed by atoms with E-state index < -0.39 is 0 Å². The topological polar surface area (TPSA) is 79.5 Å². The number of aliphatic imine (C=N–C) groups is 1. The lowest BCUT2D eigenvalue weighted by atomic mass is 10.3. The van der Waals surface area contributed by atoms with Crippen molar-refractivity contribution in [1.29, 1.82) is 0 Å². The molecule has 0 aliphatic carbocycles. The van der Waals surface area contributed by atoms with Gasteiger partial charge in [-0.1, -0.05) is 11.8 Å². The smallest absolute Gasteiger partial charge is 0.325 e. The van der Waals surface area contributed by atoms with Gasteiger partial charge in [0.25, 0.3) is 0 Å². The summed E-state index contributed by atoms with van der Waals surface area (Å²) in [6, 6.07) is 6.68. The van der Waals surface area contributed by atoms with E-state index >= 15 is 0 Å². The Kier molecular flexibility index (Phi) is 3.31. The Morgan fingerprint density at radius 1 is 1.31 bits per heavy atom. The van der Waals surface area contributed by atoms with Crippen molar-refractivity contribution in [2.75, 3.05) is 23.3 Å². The van der Waals surface area contributed by atoms with E-state index in [1.165, 1.54) is 0 Å². The molecule has 1 aromatic carbocycles. The van der Waals surface area contributed by atoms with E-state index in [0.29, 0.717) is 16.5 Å². The van der Waals surface area contributed by atoms with Crippen LogP contribution in [0.2, 0.25) is 0 Å². The van der Waals surface area contributed by atoms with Crippen molar-refractivity contribution in [3.63, 3.8) is 0 Å². The van der Waals surface area contributed by atoms with E-state index in [1.807, 2.05) is 0 Å². The van der Waals surface area contributed by atoms with Gasteiger partial charge in [-0.3, -0.25) is 10.3 Å². The average Bonchev–Trinajstić information content (AvgIpc) is 2.74. The van der Waals surface area contributed by atoms with Gasteiger partial charge in [0, 0.05) is 17.1 Å². The maximum Gasteiger partial charge on any atom is 0.325 e. The van der Waals surface area contributed by atoms with Crippen LogP contribution >= 0.6 is 11.8 Å². The Labute approximate surface area is 97.5 Å². The minimum Gasteiger partial charge on any atom is -0.399 e. The van der Waals surface area contributed by atoms with Crippen molar-refractivity contribution in [1.82, 2.24) is 5.32 Å². The number of amides is 2. The highest BCUT2D eigenvalue weighted by Crippen LogP contribution is 2.11. The van der Waals surface area contributed by atoms with Gasteiger partial charge in [-0.05, 0) is 24.3 Å². The van der Waals surface area contributed by atoms with Gasteiger partial charge in [-0.2, -0.15) is 0 Å². The highest BCUT2D eigenvalue weighted by molar-refractivity contribution is 8.14. The predicted octanol–water partition coefficient (Wildman–Crippen LogP) is 1.49. The standard InChI is InChI=1S/C10H12N4OS/c11-7-1-3-8(4-2-7)13-9(15)14-10-12-5-6-16-10/h1-4H,5-6,11H2,(H2,12,13,14,15). The molecule has 2 amide bonds. The molecule has 1 heterocycles. The van der Waals surface area contributed by atoms with Gasteiger partial charge in [-0.25, -0.2) is 4.79 Å². The first-order valence-electron chi connectivity index (χ1n) is 4.85. The molecule has 6 heteroatoms. The third kappa shape index (κ3) is 2.90. The lowest BCUT2D eigenvalue weighted by Gasteiger charge is -2.06. The monoisotopic (exact) mass is 236 g/mol. The number of nitrogens with two attached hydrogens (primary N) is 1. The molecule has 0 atom stereocenters. The van der Waals surface area contributed by atoms with E-state index in [9.17, 15) is 4.79 Å². The van der Waals surface area contributed by atoms with Crippen molar-refractivity contribution in [2.24, 2.45) is 4.99 Å². The summed E-state index contributed by atoms with van der Waals surface area (Å²) >= 11 is 1.54. The zero-order valence-electron chi connectivity index (χ0n) is 8.56. The molecular weight excluding hydrogens is 224 g/mol. The van der Waals surface area contributed by atoms with Gasteiger partial charge in [0.1, 0.15) is 0 Å². The van der Waals surface area contributed by atoms with Crippen molar-refractivity contribution in [2.45, 2.75) is 0 Å². The number of thioether (sulfide) groups is 1. The molecule has 1 aliphatic rings. The second kappa shape index (κ2) is 4.89. The number of nitrogens with zero attached hydrogens (tertiary/aromatic N) is 1. The third-order valence-electron chi connectivity index (χ3n) is 1.97. The molecule has 0 spiro atoms. The number of anilines is 2. The Balaban J connectivity index is 1.89. The normalized spacial score (nSPS) is 14.4. The minimum absolute atomic E-state index is 0.280. The van der Waals surface area contributed by atoms with E-state index in [0.717, 1.165) is 12.3 Å². The van der Waals surface area contributed by atoms with Gasteiger partial charge < -0.3 is 11.1 Å². The summed E-state index contributed by atoms with van der Waals surface area (Å²) in [6.45, 7) is 0.766. The molecule has 84 valence electrons. The van der Waals surface area contributed by atoms with Gasteiger partial charge in [0.2, 0.25) is 0 Å². The highest BCUT2D eigenvalue weighted by atomic mass is 32.2. The highest BCUT2D eigenvalue weighted by Gasteiger charge is 2.10. The number of amidine groups is 1. The number of urea groups is 1. The lowest BCUT2D eigenvalue weighted by molar-refractivity contribution is 0.256. The molecule has 2 rings (SSSR count). The molecule has 0 fully saturated rings. The maximum atomic E-state index is 11.5. The Hall–Kier alpha value is -1.69. The first-order valence-corrected chi connectivity index (χ1v) is 5.83. The molecule has 0 unspecified atom stereocenters. The molecule has 5 nitrogen and oxygen atoms in total. The molecule has 0 saturated heterocycles. The van der Waals surface area contributed by atoms with Crippen LogP contribution in [0.4, 0.5) is 16.2 Å². The van der Waals surface area contributed by atoms with Crippen LogP contribution in [0.1, 0.15) is 0 Å². The van der Waals surface area contributed by atoms with E-state index in [1.54, 1.807) is 36.0 Å². The molecule has 1 aliphatic heterocycles. The lowest BCUT2D eigenvalue weighted by Crippen LogP contribution is -2.31. The number of rotatable bonds is 1. The summed E-state index contributed by atoms with van der Waals surface area (Å²) in [4.78, 5) is 15.6. The van der Waals surface area contributed by atoms with Gasteiger partial charge in [0.05, 0.1) is 6.54 Å². The van der Waals surface area contributed by atoms with Crippen molar-refractivity contribution < 1.29 is 4.79 Å². The van der Waals surface area contributed by atoms with Crippen LogP contribution in [0.5, 0.6) is 0 Å². The number of carbonyl (C=O) groups excluding carboxylic acids is 1. The third-order valence-corrected chi connectivity index (χ3v) is 2.87. The molecular formula is C10H12N4OS. The summed E-state index contributed by atoms with van der Waals surface area (Å²) in [5.41, 5.74) is 6.91. The number of nitrogen functional groups attached to an aromatic ring is 1. The van der Waals surface area contributed by atoms with Crippen LogP contribution in [0.25, 0.3) is 0 Å². The number of carbonyl (C=O) groups is 1. The first-order chi connectivity index (χ1) is 7.74. The zero-order valence-corrected chi connectivity index (χ0v) is 9.38. The van der Waals surface area contributed by atoms with Crippen LogP contribution in [0.15, 0.2) is 29.3 Å². The summed E-state index contributed by atoms with van der Waals surface area (Å²) in [5, 5.41) is 6.04. The van der Waals surface area contributed by atoms with Crippen LogP contribution in [0, 0.1) is 0 Å². The second-order valence-electron chi connectivity index (χ2n) is 3.24. The fourth-order valence-electron chi connectivity index (χ4n) is 1.24. The van der Waals surface area contributed by atoms with Crippen LogP contribution in [0.3, 0.4) is 0 Å². The molecule has 0 bridgehead atoms. The van der Waals surface area contributed by atoms with Gasteiger partial charge in [-0.15, -0.1) is 0 Å².